The Morgan fingerprint density at radius 2 is 2.12 bits per heavy atom. The van der Waals surface area contributed by atoms with Gasteiger partial charge in [0.05, 0.1) is 3.57 Å². The minimum absolute atomic E-state index is 0.231. The quantitative estimate of drug-likeness (QED) is 0.782. The Morgan fingerprint density at radius 1 is 1.41 bits per heavy atom. The van der Waals surface area contributed by atoms with Gasteiger partial charge in [0.1, 0.15) is 0 Å². The van der Waals surface area contributed by atoms with Crippen molar-refractivity contribution in [3.63, 3.8) is 0 Å². The number of hydrogen-bond donors (Lipinski definition) is 2. The number of H-pyrrole nitrogens is 1. The predicted molar refractivity (Wildman–Crippen MR) is 72.0 cm³/mol. The molecule has 1 aliphatic carbocycles. The van der Waals surface area contributed by atoms with Gasteiger partial charge in [-0.2, -0.15) is 0 Å². The molecular formula is C11H15IN2O3. The maximum Gasteiger partial charge on any atom is 0.328 e. The van der Waals surface area contributed by atoms with Gasteiger partial charge in [-0.1, -0.05) is 0 Å². The minimum atomic E-state index is -0.345. The minimum Gasteiger partial charge on any atom is -0.396 e. The van der Waals surface area contributed by atoms with Crippen molar-refractivity contribution in [1.29, 1.82) is 0 Å². The lowest BCUT2D eigenvalue weighted by molar-refractivity contribution is 0.224. The monoisotopic (exact) mass is 350 g/mol. The second-order valence-corrected chi connectivity index (χ2v) is 5.78. The zero-order valence-corrected chi connectivity index (χ0v) is 11.5. The van der Waals surface area contributed by atoms with Crippen LogP contribution in [0.25, 0.3) is 0 Å². The second-order valence-electron chi connectivity index (χ2n) is 4.62. The maximum atomic E-state index is 11.6. The summed E-state index contributed by atoms with van der Waals surface area (Å²) in [7, 11) is 0. The van der Waals surface area contributed by atoms with Crippen molar-refractivity contribution in [3.8, 4) is 0 Å². The maximum absolute atomic E-state index is 11.6. The highest BCUT2D eigenvalue weighted by molar-refractivity contribution is 14.1. The van der Waals surface area contributed by atoms with Crippen molar-refractivity contribution in [2.45, 2.75) is 25.8 Å². The average Bonchev–Trinajstić information content (AvgIpc) is 2.73. The smallest absolute Gasteiger partial charge is 0.328 e. The van der Waals surface area contributed by atoms with E-state index in [2.05, 4.69) is 4.98 Å². The molecular weight excluding hydrogens is 335 g/mol. The molecule has 1 aliphatic rings. The Bertz CT molecular complexity index is 508. The van der Waals surface area contributed by atoms with Crippen LogP contribution < -0.4 is 11.2 Å². The Hall–Kier alpha value is -0.630. The van der Waals surface area contributed by atoms with Gasteiger partial charge in [-0.3, -0.25) is 14.3 Å². The topological polar surface area (TPSA) is 75.1 Å². The summed E-state index contributed by atoms with van der Waals surface area (Å²) in [6, 6.07) is 0. The molecule has 0 saturated heterocycles. The van der Waals surface area contributed by atoms with Gasteiger partial charge in [0.25, 0.3) is 5.56 Å². The van der Waals surface area contributed by atoms with Gasteiger partial charge in [0.2, 0.25) is 0 Å². The molecule has 2 rings (SSSR count). The van der Waals surface area contributed by atoms with E-state index in [0.29, 0.717) is 22.0 Å². The molecule has 1 aromatic rings. The van der Waals surface area contributed by atoms with E-state index in [4.69, 9.17) is 5.11 Å². The summed E-state index contributed by atoms with van der Waals surface area (Å²) in [5.74, 6) is 0.795. The molecule has 1 heterocycles. The molecule has 6 heteroatoms. The lowest BCUT2D eigenvalue weighted by atomic mass is 10.1. The van der Waals surface area contributed by atoms with Crippen molar-refractivity contribution in [2.24, 2.45) is 11.8 Å². The highest BCUT2D eigenvalue weighted by atomic mass is 127. The van der Waals surface area contributed by atoms with Crippen LogP contribution in [0.1, 0.15) is 19.3 Å². The summed E-state index contributed by atoms with van der Waals surface area (Å²) in [6.45, 7) is 0.858. The van der Waals surface area contributed by atoms with Crippen molar-refractivity contribution in [1.82, 2.24) is 9.55 Å². The Balaban J connectivity index is 2.12. The SMILES string of the molecule is O=c1[nH]c(=O)n(C[C@H]2CC[C@@H](CO)C2)cc1I. The van der Waals surface area contributed by atoms with Gasteiger partial charge >= 0.3 is 5.69 Å². The summed E-state index contributed by atoms with van der Waals surface area (Å²) >= 11 is 1.92. The van der Waals surface area contributed by atoms with Gasteiger partial charge < -0.3 is 5.11 Å². The van der Waals surface area contributed by atoms with Gasteiger partial charge in [0, 0.05) is 19.3 Å². The number of halogens is 1. The second kappa shape index (κ2) is 5.34. The molecule has 5 nitrogen and oxygen atoms in total. The number of nitrogens with zero attached hydrogens (tertiary/aromatic N) is 1. The summed E-state index contributed by atoms with van der Waals surface area (Å²) in [4.78, 5) is 25.1. The molecule has 2 atom stereocenters. The van der Waals surface area contributed by atoms with E-state index in [-0.39, 0.29) is 17.9 Å². The highest BCUT2D eigenvalue weighted by Gasteiger charge is 2.24. The predicted octanol–water partition coefficient (Wildman–Crippen LogP) is 0.550. The molecule has 0 amide bonds. The highest BCUT2D eigenvalue weighted by Crippen LogP contribution is 2.31. The summed E-state index contributed by atoms with van der Waals surface area (Å²) in [5.41, 5.74) is -0.672. The number of aliphatic hydroxyl groups excluding tert-OH is 1. The van der Waals surface area contributed by atoms with Crippen LogP contribution in [0.3, 0.4) is 0 Å². The normalized spacial score (nSPS) is 24.1. The Labute approximate surface area is 112 Å². The van der Waals surface area contributed by atoms with Crippen LogP contribution >= 0.6 is 22.6 Å². The van der Waals surface area contributed by atoms with E-state index < -0.39 is 0 Å². The van der Waals surface area contributed by atoms with Crippen molar-refractivity contribution in [2.75, 3.05) is 6.61 Å². The van der Waals surface area contributed by atoms with E-state index in [1.54, 1.807) is 10.8 Å². The molecule has 0 unspecified atom stereocenters. The summed E-state index contributed by atoms with van der Waals surface area (Å²) < 4.78 is 2.09. The third-order valence-corrected chi connectivity index (χ3v) is 4.10. The Kier molecular flexibility index (Phi) is 4.03. The van der Waals surface area contributed by atoms with Crippen LogP contribution in [-0.2, 0) is 6.54 Å². The first kappa shape index (κ1) is 12.8. The fourth-order valence-corrected chi connectivity index (χ4v) is 2.88. The molecule has 94 valence electrons. The zero-order chi connectivity index (χ0) is 12.4. The summed E-state index contributed by atoms with van der Waals surface area (Å²) in [6.07, 6.45) is 4.62. The molecule has 0 bridgehead atoms. The van der Waals surface area contributed by atoms with E-state index in [9.17, 15) is 9.59 Å². The first-order chi connectivity index (χ1) is 8.10. The number of aromatic nitrogens is 2. The van der Waals surface area contributed by atoms with Crippen LogP contribution in [0.2, 0.25) is 0 Å². The fraction of sp³-hybridized carbons (Fsp3) is 0.636. The molecule has 1 saturated carbocycles. The van der Waals surface area contributed by atoms with Crippen molar-refractivity contribution >= 4 is 22.6 Å². The number of rotatable bonds is 3. The molecule has 0 aromatic carbocycles. The number of nitrogens with one attached hydrogen (secondary N) is 1. The third kappa shape index (κ3) is 2.98. The standard InChI is InChI=1S/C11H15IN2O3/c12-9-5-14(11(17)13-10(9)16)4-7-1-2-8(3-7)6-15/h5,7-8,15H,1-4,6H2,(H,13,16,17)/t7-,8+/m0/s1. The molecule has 1 aromatic heterocycles. The van der Waals surface area contributed by atoms with E-state index in [1.807, 2.05) is 22.6 Å². The number of aliphatic hydroxyl groups is 1. The van der Waals surface area contributed by atoms with Crippen molar-refractivity contribution < 1.29 is 5.11 Å². The Morgan fingerprint density at radius 3 is 2.76 bits per heavy atom. The zero-order valence-electron chi connectivity index (χ0n) is 9.36. The molecule has 0 aliphatic heterocycles. The summed E-state index contributed by atoms with van der Waals surface area (Å²) in [5, 5.41) is 9.07. The molecule has 0 radical (unpaired) electrons. The molecule has 0 spiro atoms. The van der Waals surface area contributed by atoms with Gasteiger partial charge in [-0.05, 0) is 53.7 Å². The van der Waals surface area contributed by atoms with Gasteiger partial charge in [-0.15, -0.1) is 0 Å². The van der Waals surface area contributed by atoms with Gasteiger partial charge in [0.15, 0.2) is 0 Å². The van der Waals surface area contributed by atoms with Crippen molar-refractivity contribution in [3.05, 3.63) is 30.6 Å². The number of hydrogen-bond acceptors (Lipinski definition) is 3. The molecule has 17 heavy (non-hydrogen) atoms. The first-order valence-electron chi connectivity index (χ1n) is 5.70. The third-order valence-electron chi connectivity index (χ3n) is 3.33. The molecule has 2 N–H and O–H groups in total. The fourth-order valence-electron chi connectivity index (χ4n) is 2.41. The van der Waals surface area contributed by atoms with Crippen LogP contribution in [0, 0.1) is 15.4 Å². The van der Waals surface area contributed by atoms with E-state index in [0.717, 1.165) is 19.3 Å². The van der Waals surface area contributed by atoms with Crippen LogP contribution in [0.4, 0.5) is 0 Å². The van der Waals surface area contributed by atoms with Crippen LogP contribution in [-0.4, -0.2) is 21.3 Å². The lowest BCUT2D eigenvalue weighted by Gasteiger charge is -2.12. The van der Waals surface area contributed by atoms with E-state index >= 15 is 0 Å². The largest absolute Gasteiger partial charge is 0.396 e. The lowest BCUT2D eigenvalue weighted by Crippen LogP contribution is -2.32. The number of aromatic amines is 1. The van der Waals surface area contributed by atoms with Gasteiger partial charge in [-0.25, -0.2) is 4.79 Å². The first-order valence-corrected chi connectivity index (χ1v) is 6.78. The van der Waals surface area contributed by atoms with Crippen LogP contribution in [0.5, 0.6) is 0 Å². The van der Waals surface area contributed by atoms with E-state index in [1.165, 1.54) is 0 Å². The molecule has 1 fully saturated rings. The average molecular weight is 350 g/mol. The van der Waals surface area contributed by atoms with Crippen LogP contribution in [0.15, 0.2) is 15.8 Å².